The average Bonchev–Trinajstić information content (AvgIpc) is 3.37. The van der Waals surface area contributed by atoms with Gasteiger partial charge in [-0.3, -0.25) is 4.79 Å². The lowest BCUT2D eigenvalue weighted by atomic mass is 9.95. The molecule has 1 saturated heterocycles. The van der Waals surface area contributed by atoms with E-state index in [9.17, 15) is 4.79 Å². The fourth-order valence-electron chi connectivity index (χ4n) is 5.61. The number of pyridine rings is 1. The quantitative estimate of drug-likeness (QED) is 0.798. The molecule has 3 aliphatic rings. The summed E-state index contributed by atoms with van der Waals surface area (Å²) in [6.45, 7) is 3.88. The van der Waals surface area contributed by atoms with Crippen molar-refractivity contribution in [2.24, 2.45) is 5.92 Å². The van der Waals surface area contributed by atoms with E-state index in [0.717, 1.165) is 54.2 Å². The second kappa shape index (κ2) is 6.92. The number of likely N-dealkylation sites (tertiary alicyclic amines) is 1. The van der Waals surface area contributed by atoms with Crippen LogP contribution >= 0.6 is 0 Å². The lowest BCUT2D eigenvalue weighted by Crippen LogP contribution is -2.39. The van der Waals surface area contributed by atoms with Gasteiger partial charge in [0.15, 0.2) is 5.65 Å². The van der Waals surface area contributed by atoms with Gasteiger partial charge < -0.3 is 9.47 Å². The van der Waals surface area contributed by atoms with Gasteiger partial charge >= 0.3 is 0 Å². The number of fused-ring (bicyclic) bond motifs is 3. The van der Waals surface area contributed by atoms with E-state index < -0.39 is 0 Å². The Labute approximate surface area is 161 Å². The van der Waals surface area contributed by atoms with Gasteiger partial charge in [-0.25, -0.2) is 9.97 Å². The molecule has 1 amide bonds. The minimum absolute atomic E-state index is 0.188. The molecule has 4 heterocycles. The van der Waals surface area contributed by atoms with Crippen LogP contribution in [0.5, 0.6) is 0 Å². The van der Waals surface area contributed by atoms with Gasteiger partial charge in [-0.2, -0.15) is 0 Å². The predicted octanol–water partition coefficient (Wildman–Crippen LogP) is 4.26. The van der Waals surface area contributed by atoms with Crippen LogP contribution < -0.4 is 0 Å². The Hall–Kier alpha value is -1.91. The topological polar surface area (TPSA) is 51.0 Å². The molecule has 1 saturated carbocycles. The van der Waals surface area contributed by atoms with Gasteiger partial charge in [0, 0.05) is 31.2 Å². The number of imidazole rings is 1. The second-order valence-electron chi connectivity index (χ2n) is 8.73. The van der Waals surface area contributed by atoms with E-state index in [2.05, 4.69) is 9.47 Å². The maximum absolute atomic E-state index is 13.6. The van der Waals surface area contributed by atoms with E-state index in [0.29, 0.717) is 12.0 Å². The van der Waals surface area contributed by atoms with Crippen molar-refractivity contribution in [1.29, 1.82) is 0 Å². The van der Waals surface area contributed by atoms with Crippen LogP contribution in [0, 0.1) is 12.8 Å². The van der Waals surface area contributed by atoms with E-state index in [1.165, 1.54) is 51.4 Å². The summed E-state index contributed by atoms with van der Waals surface area (Å²) in [5, 5.41) is 0. The number of carbonyl (C=O) groups is 1. The van der Waals surface area contributed by atoms with Crippen LogP contribution in [0.25, 0.3) is 11.2 Å². The first kappa shape index (κ1) is 17.2. The van der Waals surface area contributed by atoms with Gasteiger partial charge in [0.05, 0.1) is 5.56 Å². The summed E-state index contributed by atoms with van der Waals surface area (Å²) < 4.78 is 2.27. The molecular formula is C22H30N4O. The average molecular weight is 367 g/mol. The van der Waals surface area contributed by atoms with Crippen molar-refractivity contribution in [3.05, 3.63) is 23.1 Å². The fraction of sp³-hybridized carbons (Fsp3) is 0.682. The van der Waals surface area contributed by atoms with Gasteiger partial charge in [-0.1, -0.05) is 19.3 Å². The normalized spacial score (nSPS) is 23.7. The third-order valence-electron chi connectivity index (χ3n) is 6.93. The molecule has 0 unspecified atom stereocenters. The molecule has 0 N–H and O–H groups in total. The van der Waals surface area contributed by atoms with Gasteiger partial charge in [0.1, 0.15) is 11.3 Å². The highest BCUT2D eigenvalue weighted by Gasteiger charge is 2.37. The maximum Gasteiger partial charge on any atom is 0.256 e. The molecular weight excluding hydrogens is 336 g/mol. The molecule has 5 heteroatoms. The molecule has 2 aliphatic heterocycles. The molecule has 5 rings (SSSR count). The lowest BCUT2D eigenvalue weighted by molar-refractivity contribution is 0.0690. The first-order chi connectivity index (χ1) is 13.2. The van der Waals surface area contributed by atoms with E-state index in [-0.39, 0.29) is 5.91 Å². The summed E-state index contributed by atoms with van der Waals surface area (Å²) in [7, 11) is 0. The van der Waals surface area contributed by atoms with Gasteiger partial charge in [-0.05, 0) is 57.4 Å². The molecule has 27 heavy (non-hydrogen) atoms. The number of hydrogen-bond acceptors (Lipinski definition) is 3. The first-order valence-corrected chi connectivity index (χ1v) is 10.9. The fourth-order valence-corrected chi connectivity index (χ4v) is 5.61. The van der Waals surface area contributed by atoms with E-state index >= 15 is 0 Å². The summed E-state index contributed by atoms with van der Waals surface area (Å²) in [6, 6.07) is 2.41. The highest BCUT2D eigenvalue weighted by atomic mass is 16.2. The van der Waals surface area contributed by atoms with Crippen LogP contribution in [0.3, 0.4) is 0 Å². The van der Waals surface area contributed by atoms with Gasteiger partial charge in [0.25, 0.3) is 5.91 Å². The molecule has 1 atom stereocenters. The van der Waals surface area contributed by atoms with Crippen molar-refractivity contribution in [3.63, 3.8) is 0 Å². The SMILES string of the molecule is Cc1cc(C(=O)N2CCC[C@@H]2C2CCCC2)c2nc3n(c2n1)CCCCC3. The molecule has 144 valence electrons. The zero-order valence-electron chi connectivity index (χ0n) is 16.4. The minimum Gasteiger partial charge on any atom is -0.335 e. The zero-order chi connectivity index (χ0) is 18.4. The number of amides is 1. The summed E-state index contributed by atoms with van der Waals surface area (Å²) >= 11 is 0. The highest BCUT2D eigenvalue weighted by molar-refractivity contribution is 6.04. The smallest absolute Gasteiger partial charge is 0.256 e. The summed E-state index contributed by atoms with van der Waals surface area (Å²) in [6.07, 6.45) is 12.1. The largest absolute Gasteiger partial charge is 0.335 e. The zero-order valence-corrected chi connectivity index (χ0v) is 16.4. The van der Waals surface area contributed by atoms with Crippen LogP contribution in [-0.4, -0.2) is 37.9 Å². The summed E-state index contributed by atoms with van der Waals surface area (Å²) in [5.74, 6) is 2.00. The predicted molar refractivity (Wildman–Crippen MR) is 106 cm³/mol. The summed E-state index contributed by atoms with van der Waals surface area (Å²) in [4.78, 5) is 25.5. The number of aromatic nitrogens is 3. The van der Waals surface area contributed by atoms with E-state index in [1.54, 1.807) is 0 Å². The van der Waals surface area contributed by atoms with E-state index in [1.807, 2.05) is 13.0 Å². The Bertz CT molecular complexity index is 865. The molecule has 0 spiro atoms. The molecule has 0 aromatic carbocycles. The molecule has 2 aromatic heterocycles. The van der Waals surface area contributed by atoms with Crippen LogP contribution in [0.4, 0.5) is 0 Å². The lowest BCUT2D eigenvalue weighted by Gasteiger charge is -2.29. The Kier molecular flexibility index (Phi) is 4.41. The summed E-state index contributed by atoms with van der Waals surface area (Å²) in [5.41, 5.74) is 3.46. The Morgan fingerprint density at radius 1 is 1.00 bits per heavy atom. The monoisotopic (exact) mass is 366 g/mol. The number of carbonyl (C=O) groups excluding carboxylic acids is 1. The third-order valence-corrected chi connectivity index (χ3v) is 6.93. The standard InChI is InChI=1S/C22H30N4O/c1-15-14-17(20-21(23-15)26-12-6-2-3-11-19(26)24-20)22(27)25-13-7-10-18(25)16-8-4-5-9-16/h14,16,18H,2-13H2,1H3/t18-/m1/s1. The van der Waals surface area contributed by atoms with Crippen molar-refractivity contribution in [2.75, 3.05) is 6.54 Å². The molecule has 2 aromatic rings. The number of aryl methyl sites for hydroxylation is 3. The molecule has 2 fully saturated rings. The van der Waals surface area contributed by atoms with Crippen molar-refractivity contribution in [2.45, 2.75) is 83.7 Å². The van der Waals surface area contributed by atoms with Gasteiger partial charge in [-0.15, -0.1) is 0 Å². The molecule has 1 aliphatic carbocycles. The molecule has 0 radical (unpaired) electrons. The van der Waals surface area contributed by atoms with Crippen LogP contribution in [0.2, 0.25) is 0 Å². The Morgan fingerprint density at radius 3 is 2.70 bits per heavy atom. The first-order valence-electron chi connectivity index (χ1n) is 10.9. The van der Waals surface area contributed by atoms with Crippen LogP contribution in [-0.2, 0) is 13.0 Å². The third kappa shape index (κ3) is 2.95. The van der Waals surface area contributed by atoms with Crippen molar-refractivity contribution in [1.82, 2.24) is 19.4 Å². The number of rotatable bonds is 2. The van der Waals surface area contributed by atoms with E-state index in [4.69, 9.17) is 9.97 Å². The Morgan fingerprint density at radius 2 is 1.85 bits per heavy atom. The van der Waals surface area contributed by atoms with Crippen LogP contribution in [0.15, 0.2) is 6.07 Å². The van der Waals surface area contributed by atoms with Crippen molar-refractivity contribution >= 4 is 17.1 Å². The van der Waals surface area contributed by atoms with Crippen molar-refractivity contribution < 1.29 is 4.79 Å². The minimum atomic E-state index is 0.188. The highest BCUT2D eigenvalue weighted by Crippen LogP contribution is 2.36. The molecule has 0 bridgehead atoms. The number of nitrogens with zero attached hydrogens (tertiary/aromatic N) is 4. The van der Waals surface area contributed by atoms with Crippen molar-refractivity contribution in [3.8, 4) is 0 Å². The maximum atomic E-state index is 13.6. The van der Waals surface area contributed by atoms with Crippen LogP contribution in [0.1, 0.15) is 79.7 Å². The molecule has 5 nitrogen and oxygen atoms in total. The van der Waals surface area contributed by atoms with Gasteiger partial charge in [0.2, 0.25) is 0 Å². The number of hydrogen-bond donors (Lipinski definition) is 0. The second-order valence-corrected chi connectivity index (χ2v) is 8.73. The Balaban J connectivity index is 1.55.